The minimum atomic E-state index is -1.12. The van der Waals surface area contributed by atoms with Crippen molar-refractivity contribution in [3.05, 3.63) is 35.9 Å². The van der Waals surface area contributed by atoms with Gasteiger partial charge in [0.25, 0.3) is 0 Å². The van der Waals surface area contributed by atoms with Gasteiger partial charge in [0.1, 0.15) is 18.1 Å². The summed E-state index contributed by atoms with van der Waals surface area (Å²) in [6.45, 7) is 8.29. The summed E-state index contributed by atoms with van der Waals surface area (Å²) in [5.74, 6) is -2.53. The lowest BCUT2D eigenvalue weighted by Crippen LogP contribution is -2.58. The van der Waals surface area contributed by atoms with Crippen molar-refractivity contribution < 1.29 is 24.3 Å². The number of aliphatic carboxylic acids is 1. The highest BCUT2D eigenvalue weighted by molar-refractivity contribution is 5.94. The molecule has 2 rings (SSSR count). The van der Waals surface area contributed by atoms with Crippen molar-refractivity contribution in [3.63, 3.8) is 0 Å². The normalized spacial score (nSPS) is 18.8. The number of carboxylic acid groups (broad SMARTS) is 1. The quantitative estimate of drug-likeness (QED) is 0.286. The predicted octanol–water partition coefficient (Wildman–Crippen LogP) is 1.61. The van der Waals surface area contributed by atoms with Gasteiger partial charge in [-0.2, -0.15) is 0 Å². The molecule has 3 amide bonds. The Balaban J connectivity index is 2.21. The smallest absolute Gasteiger partial charge is 0.326 e. The summed E-state index contributed by atoms with van der Waals surface area (Å²) in [6.07, 6.45) is 2.80. The van der Waals surface area contributed by atoms with Crippen molar-refractivity contribution in [3.8, 4) is 0 Å². The van der Waals surface area contributed by atoms with E-state index < -0.39 is 35.9 Å². The Hall–Kier alpha value is -2.94. The number of carbonyl (C=O) groups excluding carboxylic acids is 3. The number of hydrogen-bond donors (Lipinski definition) is 5. The van der Waals surface area contributed by atoms with Gasteiger partial charge in [-0.15, -0.1) is 0 Å². The van der Waals surface area contributed by atoms with E-state index in [-0.39, 0.29) is 30.2 Å². The highest BCUT2D eigenvalue weighted by atomic mass is 16.4. The van der Waals surface area contributed by atoms with E-state index in [0.717, 1.165) is 18.5 Å². The lowest BCUT2D eigenvalue weighted by Gasteiger charge is -2.27. The van der Waals surface area contributed by atoms with E-state index in [4.69, 9.17) is 0 Å². The molecule has 0 aromatic heterocycles. The molecule has 9 nitrogen and oxygen atoms in total. The Morgan fingerprint density at radius 2 is 1.66 bits per heavy atom. The molecule has 5 N–H and O–H groups in total. The molecule has 1 aliphatic rings. The van der Waals surface area contributed by atoms with Crippen molar-refractivity contribution in [2.75, 3.05) is 6.54 Å². The highest BCUT2D eigenvalue weighted by Crippen LogP contribution is 2.12. The van der Waals surface area contributed by atoms with E-state index in [0.29, 0.717) is 19.3 Å². The van der Waals surface area contributed by atoms with Crippen LogP contribution in [0.4, 0.5) is 0 Å². The van der Waals surface area contributed by atoms with Crippen molar-refractivity contribution in [1.29, 1.82) is 0 Å². The number of nitrogens with one attached hydrogen (secondary N) is 4. The Morgan fingerprint density at radius 1 is 1.00 bits per heavy atom. The molecule has 194 valence electrons. The maximum atomic E-state index is 13.3. The Kier molecular flexibility index (Phi) is 11.2. The first-order valence-corrected chi connectivity index (χ1v) is 12.5. The van der Waals surface area contributed by atoms with Gasteiger partial charge in [0.05, 0.1) is 6.04 Å². The Bertz CT molecular complexity index is 855. The van der Waals surface area contributed by atoms with Crippen molar-refractivity contribution in [2.24, 2.45) is 11.8 Å². The number of benzene rings is 1. The average Bonchev–Trinajstić information content (AvgIpc) is 3.36. The molecular weight excluding hydrogens is 448 g/mol. The molecule has 0 saturated carbocycles. The first-order valence-electron chi connectivity index (χ1n) is 12.5. The fourth-order valence-electron chi connectivity index (χ4n) is 4.15. The van der Waals surface area contributed by atoms with Gasteiger partial charge in [-0.1, -0.05) is 64.4 Å². The summed E-state index contributed by atoms with van der Waals surface area (Å²) in [7, 11) is 0. The van der Waals surface area contributed by atoms with E-state index in [1.54, 1.807) is 6.92 Å². The zero-order chi connectivity index (χ0) is 26.0. The summed E-state index contributed by atoms with van der Waals surface area (Å²) >= 11 is 0. The molecule has 5 atom stereocenters. The van der Waals surface area contributed by atoms with Crippen LogP contribution in [0, 0.1) is 11.8 Å². The number of rotatable bonds is 13. The second-order valence-corrected chi connectivity index (χ2v) is 9.80. The second-order valence-electron chi connectivity index (χ2n) is 9.80. The summed E-state index contributed by atoms with van der Waals surface area (Å²) < 4.78 is 0. The zero-order valence-electron chi connectivity index (χ0n) is 21.2. The molecule has 1 aromatic rings. The summed E-state index contributed by atoms with van der Waals surface area (Å²) in [5, 5.41) is 21.0. The van der Waals surface area contributed by atoms with Crippen LogP contribution in [0.25, 0.3) is 0 Å². The maximum Gasteiger partial charge on any atom is 0.326 e. The molecule has 5 unspecified atom stereocenters. The fraction of sp³-hybridized carbons (Fsp3) is 0.615. The van der Waals surface area contributed by atoms with Gasteiger partial charge in [0.15, 0.2) is 0 Å². The van der Waals surface area contributed by atoms with Crippen LogP contribution >= 0.6 is 0 Å². The SMILES string of the molecule is CCC(C)C(NC(=O)C(Cc1ccccc1)NC(=O)C(CC(C)C)NC(=O)C1CCCN1)C(=O)O. The third kappa shape index (κ3) is 8.98. The summed E-state index contributed by atoms with van der Waals surface area (Å²) in [5.41, 5.74) is 0.822. The van der Waals surface area contributed by atoms with Crippen LogP contribution in [-0.2, 0) is 25.6 Å². The van der Waals surface area contributed by atoms with Gasteiger partial charge in [0, 0.05) is 6.42 Å². The zero-order valence-corrected chi connectivity index (χ0v) is 21.2. The Morgan fingerprint density at radius 3 is 2.20 bits per heavy atom. The number of amides is 3. The van der Waals surface area contributed by atoms with E-state index in [9.17, 15) is 24.3 Å². The van der Waals surface area contributed by atoms with Crippen LogP contribution < -0.4 is 21.3 Å². The lowest BCUT2D eigenvalue weighted by molar-refractivity contribution is -0.143. The van der Waals surface area contributed by atoms with Crippen LogP contribution in [0.15, 0.2) is 30.3 Å². The van der Waals surface area contributed by atoms with Gasteiger partial charge in [0.2, 0.25) is 17.7 Å². The van der Waals surface area contributed by atoms with E-state index >= 15 is 0 Å². The first-order chi connectivity index (χ1) is 16.6. The molecular formula is C26H40N4O5. The third-order valence-electron chi connectivity index (χ3n) is 6.41. The molecule has 9 heteroatoms. The predicted molar refractivity (Wildman–Crippen MR) is 134 cm³/mol. The molecule has 0 aliphatic carbocycles. The molecule has 1 fully saturated rings. The molecule has 0 bridgehead atoms. The number of carbonyl (C=O) groups is 4. The minimum absolute atomic E-state index is 0.130. The van der Waals surface area contributed by atoms with Crippen molar-refractivity contribution in [1.82, 2.24) is 21.3 Å². The van der Waals surface area contributed by atoms with E-state index in [1.165, 1.54) is 0 Å². The molecule has 0 spiro atoms. The van der Waals surface area contributed by atoms with Crippen LogP contribution in [-0.4, -0.2) is 59.5 Å². The first kappa shape index (κ1) is 28.3. The monoisotopic (exact) mass is 488 g/mol. The Labute approximate surface area is 207 Å². The van der Waals surface area contributed by atoms with Crippen LogP contribution in [0.3, 0.4) is 0 Å². The summed E-state index contributed by atoms with van der Waals surface area (Å²) in [6, 6.07) is 6.02. The topological polar surface area (TPSA) is 137 Å². The van der Waals surface area contributed by atoms with Gasteiger partial charge >= 0.3 is 5.97 Å². The van der Waals surface area contributed by atoms with E-state index in [1.807, 2.05) is 51.1 Å². The van der Waals surface area contributed by atoms with Crippen LogP contribution in [0.2, 0.25) is 0 Å². The number of hydrogen-bond acceptors (Lipinski definition) is 5. The van der Waals surface area contributed by atoms with Gasteiger partial charge in [-0.05, 0) is 43.2 Å². The molecule has 1 aromatic carbocycles. The molecule has 1 aliphatic heterocycles. The number of carboxylic acids is 1. The van der Waals surface area contributed by atoms with Crippen LogP contribution in [0.5, 0.6) is 0 Å². The van der Waals surface area contributed by atoms with Crippen molar-refractivity contribution in [2.45, 2.75) is 84.0 Å². The largest absolute Gasteiger partial charge is 0.480 e. The standard InChI is InChI=1S/C26H40N4O5/c1-5-17(4)22(26(34)35)30-25(33)21(15-18-10-7-6-8-11-18)29-24(32)20(14-16(2)3)28-23(31)19-12-9-13-27-19/h6-8,10-11,16-17,19-22,27H,5,9,12-15H2,1-4H3,(H,28,31)(H,29,32)(H,30,33)(H,34,35). The molecule has 1 saturated heterocycles. The van der Waals surface area contributed by atoms with Crippen LogP contribution in [0.1, 0.15) is 58.9 Å². The highest BCUT2D eigenvalue weighted by Gasteiger charge is 2.33. The van der Waals surface area contributed by atoms with Gasteiger partial charge in [-0.3, -0.25) is 14.4 Å². The lowest BCUT2D eigenvalue weighted by atomic mass is 9.97. The molecule has 35 heavy (non-hydrogen) atoms. The minimum Gasteiger partial charge on any atom is -0.480 e. The maximum absolute atomic E-state index is 13.3. The fourth-order valence-corrected chi connectivity index (χ4v) is 4.15. The van der Waals surface area contributed by atoms with E-state index in [2.05, 4.69) is 21.3 Å². The van der Waals surface area contributed by atoms with Crippen molar-refractivity contribution >= 4 is 23.7 Å². The molecule has 0 radical (unpaired) electrons. The third-order valence-corrected chi connectivity index (χ3v) is 6.41. The van der Waals surface area contributed by atoms with Gasteiger partial charge < -0.3 is 26.4 Å². The second kappa shape index (κ2) is 13.8. The molecule has 1 heterocycles. The van der Waals surface area contributed by atoms with Gasteiger partial charge in [-0.25, -0.2) is 4.79 Å². The summed E-state index contributed by atoms with van der Waals surface area (Å²) in [4.78, 5) is 51.0. The average molecular weight is 489 g/mol.